The molecule has 2 amide bonds. The summed E-state index contributed by atoms with van der Waals surface area (Å²) >= 11 is 0. The molecule has 0 radical (unpaired) electrons. The van der Waals surface area contributed by atoms with Crippen molar-refractivity contribution in [2.45, 2.75) is 19.1 Å². The summed E-state index contributed by atoms with van der Waals surface area (Å²) in [5, 5.41) is 2.34. The van der Waals surface area contributed by atoms with Crippen molar-refractivity contribution in [2.24, 2.45) is 5.73 Å². The summed E-state index contributed by atoms with van der Waals surface area (Å²) in [6.07, 6.45) is -4.26. The lowest BCUT2D eigenvalue weighted by molar-refractivity contribution is -0.183. The maximum atomic E-state index is 12.6. The Hall–Kier alpha value is -0.770. The van der Waals surface area contributed by atoms with Crippen LogP contribution in [0, 0.1) is 0 Å². The third-order valence-corrected chi connectivity index (χ3v) is 3.31. The van der Waals surface area contributed by atoms with Crippen LogP contribution in [0.1, 0.15) is 6.92 Å². The van der Waals surface area contributed by atoms with Crippen molar-refractivity contribution in [2.75, 3.05) is 39.3 Å². The summed E-state index contributed by atoms with van der Waals surface area (Å²) in [5.74, 6) is -0.756. The second-order valence-electron chi connectivity index (χ2n) is 4.62. The van der Waals surface area contributed by atoms with Gasteiger partial charge in [-0.1, -0.05) is 0 Å². The number of halogens is 5. The first-order chi connectivity index (χ1) is 9.25. The Kier molecular flexibility index (Phi) is 10.8. The number of nitrogens with one attached hydrogen (secondary N) is 1. The molecule has 0 aromatic heterocycles. The van der Waals surface area contributed by atoms with E-state index >= 15 is 0 Å². The van der Waals surface area contributed by atoms with Crippen LogP contribution in [0.4, 0.5) is 13.2 Å². The third-order valence-electron chi connectivity index (χ3n) is 3.31. The highest BCUT2D eigenvalue weighted by Gasteiger charge is 2.41. The van der Waals surface area contributed by atoms with Gasteiger partial charge in [0.25, 0.3) is 0 Å². The van der Waals surface area contributed by atoms with E-state index in [9.17, 15) is 22.8 Å². The molecule has 1 rings (SSSR count). The highest BCUT2D eigenvalue weighted by molar-refractivity contribution is 5.86. The molecular weight excluding hydrogens is 348 g/mol. The van der Waals surface area contributed by atoms with Gasteiger partial charge < -0.3 is 16.0 Å². The Morgan fingerprint density at radius 1 is 1.18 bits per heavy atom. The molecule has 0 spiro atoms. The van der Waals surface area contributed by atoms with Crippen molar-refractivity contribution in [3.8, 4) is 0 Å². The molecule has 1 saturated heterocycles. The fraction of sp³-hybridized carbons (Fsp3) is 0.818. The molecule has 1 atom stereocenters. The van der Waals surface area contributed by atoms with E-state index in [-0.39, 0.29) is 70.0 Å². The zero-order valence-electron chi connectivity index (χ0n) is 12.1. The summed E-state index contributed by atoms with van der Waals surface area (Å²) in [7, 11) is 0. The van der Waals surface area contributed by atoms with Crippen LogP contribution in [-0.2, 0) is 9.59 Å². The third kappa shape index (κ3) is 6.99. The number of piperazine rings is 1. The fourth-order valence-corrected chi connectivity index (χ4v) is 1.92. The molecule has 0 aromatic carbocycles. The Labute approximate surface area is 139 Å². The standard InChI is InChI=1S/C11H19F3N4O2.2ClH/c1-8(11(12,13)14)17-2-4-18(5-3-17)10(20)7-16-9(19)6-15;;/h8H,2-7,15H2,1H3,(H,16,19);2*1H. The van der Waals surface area contributed by atoms with Crippen LogP contribution >= 0.6 is 24.8 Å². The van der Waals surface area contributed by atoms with Gasteiger partial charge in [-0.25, -0.2) is 0 Å². The van der Waals surface area contributed by atoms with Gasteiger partial charge in [0.15, 0.2) is 0 Å². The lowest BCUT2D eigenvalue weighted by atomic mass is 10.2. The maximum Gasteiger partial charge on any atom is 0.403 e. The van der Waals surface area contributed by atoms with E-state index < -0.39 is 18.1 Å². The maximum absolute atomic E-state index is 12.6. The molecule has 1 aliphatic rings. The van der Waals surface area contributed by atoms with Crippen molar-refractivity contribution >= 4 is 36.6 Å². The molecule has 1 unspecified atom stereocenters. The van der Waals surface area contributed by atoms with Crippen LogP contribution in [0.5, 0.6) is 0 Å². The van der Waals surface area contributed by atoms with Gasteiger partial charge in [0.1, 0.15) is 6.04 Å². The van der Waals surface area contributed by atoms with Gasteiger partial charge in [-0.05, 0) is 6.92 Å². The highest BCUT2D eigenvalue weighted by Crippen LogP contribution is 2.25. The molecule has 22 heavy (non-hydrogen) atoms. The average Bonchev–Trinajstić information content (AvgIpc) is 2.42. The van der Waals surface area contributed by atoms with Crippen molar-refractivity contribution in [1.82, 2.24) is 15.1 Å². The van der Waals surface area contributed by atoms with Gasteiger partial charge in [-0.3, -0.25) is 14.5 Å². The number of carbonyl (C=O) groups excluding carboxylic acids is 2. The van der Waals surface area contributed by atoms with Gasteiger partial charge in [-0.15, -0.1) is 24.8 Å². The first-order valence-corrected chi connectivity index (χ1v) is 6.31. The van der Waals surface area contributed by atoms with Crippen molar-refractivity contribution in [3.63, 3.8) is 0 Å². The van der Waals surface area contributed by atoms with E-state index in [4.69, 9.17) is 5.73 Å². The van der Waals surface area contributed by atoms with Crippen LogP contribution in [0.15, 0.2) is 0 Å². The molecule has 1 heterocycles. The molecule has 132 valence electrons. The van der Waals surface area contributed by atoms with Crippen LogP contribution < -0.4 is 11.1 Å². The Morgan fingerprint density at radius 2 is 1.68 bits per heavy atom. The van der Waals surface area contributed by atoms with Crippen molar-refractivity contribution in [1.29, 1.82) is 0 Å². The number of alkyl halides is 3. The Bertz CT molecular complexity index is 364. The molecule has 0 bridgehead atoms. The smallest absolute Gasteiger partial charge is 0.346 e. The van der Waals surface area contributed by atoms with E-state index in [0.29, 0.717) is 0 Å². The predicted octanol–water partition coefficient (Wildman–Crippen LogP) is -0.0001000. The number of rotatable bonds is 4. The Morgan fingerprint density at radius 3 is 2.09 bits per heavy atom. The largest absolute Gasteiger partial charge is 0.403 e. The summed E-state index contributed by atoms with van der Waals surface area (Å²) in [5.41, 5.74) is 5.08. The number of nitrogens with two attached hydrogens (primary N) is 1. The second kappa shape index (κ2) is 10.1. The SMILES string of the molecule is CC(N1CCN(C(=O)CNC(=O)CN)CC1)C(F)(F)F.Cl.Cl. The molecule has 6 nitrogen and oxygen atoms in total. The predicted molar refractivity (Wildman–Crippen MR) is 80.2 cm³/mol. The number of hydrogen-bond acceptors (Lipinski definition) is 4. The molecule has 3 N–H and O–H groups in total. The lowest BCUT2D eigenvalue weighted by Crippen LogP contribution is -2.56. The number of hydrogen-bond donors (Lipinski definition) is 2. The van der Waals surface area contributed by atoms with E-state index in [1.807, 2.05) is 0 Å². The van der Waals surface area contributed by atoms with E-state index in [2.05, 4.69) is 5.32 Å². The Balaban J connectivity index is 0. The molecule has 0 saturated carbocycles. The van der Waals surface area contributed by atoms with Gasteiger partial charge in [0.2, 0.25) is 11.8 Å². The van der Waals surface area contributed by atoms with Gasteiger partial charge in [-0.2, -0.15) is 13.2 Å². The van der Waals surface area contributed by atoms with Crippen molar-refractivity contribution in [3.05, 3.63) is 0 Å². The van der Waals surface area contributed by atoms with E-state index in [1.165, 1.54) is 9.80 Å². The lowest BCUT2D eigenvalue weighted by Gasteiger charge is -2.38. The average molecular weight is 369 g/mol. The zero-order chi connectivity index (χ0) is 15.3. The monoisotopic (exact) mass is 368 g/mol. The quantitative estimate of drug-likeness (QED) is 0.732. The summed E-state index contributed by atoms with van der Waals surface area (Å²) in [6, 6.07) is -1.52. The van der Waals surface area contributed by atoms with Crippen LogP contribution in [0.2, 0.25) is 0 Å². The molecular formula is C11H21Cl2F3N4O2. The molecule has 1 fully saturated rings. The molecule has 1 aliphatic heterocycles. The van der Waals surface area contributed by atoms with Gasteiger partial charge in [0.05, 0.1) is 13.1 Å². The van der Waals surface area contributed by atoms with Crippen molar-refractivity contribution < 1.29 is 22.8 Å². The molecule has 0 aliphatic carbocycles. The molecule has 0 aromatic rings. The van der Waals surface area contributed by atoms with E-state index in [0.717, 1.165) is 6.92 Å². The number of carbonyl (C=O) groups is 2. The first-order valence-electron chi connectivity index (χ1n) is 6.31. The number of nitrogens with zero attached hydrogens (tertiary/aromatic N) is 2. The van der Waals surface area contributed by atoms with Gasteiger partial charge in [0, 0.05) is 26.2 Å². The van der Waals surface area contributed by atoms with Crippen LogP contribution in [-0.4, -0.2) is 73.1 Å². The summed E-state index contributed by atoms with van der Waals surface area (Å²) in [6.45, 7) is 1.50. The van der Waals surface area contributed by atoms with E-state index in [1.54, 1.807) is 0 Å². The minimum absolute atomic E-state index is 0. The number of amides is 2. The minimum atomic E-state index is -4.26. The second-order valence-corrected chi connectivity index (χ2v) is 4.62. The van der Waals surface area contributed by atoms with Crippen LogP contribution in [0.3, 0.4) is 0 Å². The fourth-order valence-electron chi connectivity index (χ4n) is 1.92. The topological polar surface area (TPSA) is 78.7 Å². The molecule has 11 heteroatoms. The normalized spacial score (nSPS) is 17.0. The minimum Gasteiger partial charge on any atom is -0.346 e. The first kappa shape index (κ1) is 23.5. The summed E-state index contributed by atoms with van der Waals surface area (Å²) < 4.78 is 37.7. The zero-order valence-corrected chi connectivity index (χ0v) is 13.7. The van der Waals surface area contributed by atoms with Gasteiger partial charge >= 0.3 is 6.18 Å². The highest BCUT2D eigenvalue weighted by atomic mass is 35.5. The van der Waals surface area contributed by atoms with Crippen LogP contribution in [0.25, 0.3) is 0 Å². The summed E-state index contributed by atoms with van der Waals surface area (Å²) in [4.78, 5) is 25.4.